The van der Waals surface area contributed by atoms with Crippen molar-refractivity contribution in [2.24, 2.45) is 0 Å². The standard InChI is InChI=1S/C10H10FNO/c11-8-3-4-9-7(6-8)2-1-5-12-10(9)13/h3-4,6H,1-2,5H2,(H,12,13). The lowest BCUT2D eigenvalue weighted by atomic mass is 10.0. The largest absolute Gasteiger partial charge is 0.352 e. The summed E-state index contributed by atoms with van der Waals surface area (Å²) in [5, 5.41) is 2.76. The maximum atomic E-state index is 12.8. The number of benzene rings is 1. The normalized spacial score (nSPS) is 15.9. The van der Waals surface area contributed by atoms with Crippen LogP contribution in [0.15, 0.2) is 18.2 Å². The second-order valence-electron chi connectivity index (χ2n) is 3.16. The molecule has 2 rings (SSSR count). The van der Waals surface area contributed by atoms with Crippen molar-refractivity contribution in [2.75, 3.05) is 6.54 Å². The summed E-state index contributed by atoms with van der Waals surface area (Å²) in [6.07, 6.45) is 1.65. The van der Waals surface area contributed by atoms with E-state index >= 15 is 0 Å². The molecular formula is C10H10FNO. The minimum absolute atomic E-state index is 0.0903. The second-order valence-corrected chi connectivity index (χ2v) is 3.16. The first-order valence-electron chi connectivity index (χ1n) is 4.34. The van der Waals surface area contributed by atoms with E-state index in [-0.39, 0.29) is 11.7 Å². The van der Waals surface area contributed by atoms with E-state index in [9.17, 15) is 9.18 Å². The molecule has 68 valence electrons. The molecule has 1 heterocycles. The van der Waals surface area contributed by atoms with Crippen LogP contribution in [0.4, 0.5) is 4.39 Å². The summed E-state index contributed by atoms with van der Waals surface area (Å²) in [5.74, 6) is -0.360. The van der Waals surface area contributed by atoms with Crippen LogP contribution >= 0.6 is 0 Å². The van der Waals surface area contributed by atoms with Crippen molar-refractivity contribution in [1.82, 2.24) is 5.32 Å². The number of carbonyl (C=O) groups excluding carboxylic acids is 1. The zero-order chi connectivity index (χ0) is 9.26. The average Bonchev–Trinajstić information content (AvgIpc) is 2.28. The first kappa shape index (κ1) is 8.23. The average molecular weight is 179 g/mol. The highest BCUT2D eigenvalue weighted by molar-refractivity contribution is 5.95. The summed E-state index contributed by atoms with van der Waals surface area (Å²) in [7, 11) is 0. The second kappa shape index (κ2) is 3.17. The molecule has 1 aliphatic rings. The maximum Gasteiger partial charge on any atom is 0.251 e. The molecule has 0 spiro atoms. The Morgan fingerprint density at radius 2 is 2.23 bits per heavy atom. The van der Waals surface area contributed by atoms with Gasteiger partial charge in [0.25, 0.3) is 5.91 Å². The number of hydrogen-bond acceptors (Lipinski definition) is 1. The highest BCUT2D eigenvalue weighted by Crippen LogP contribution is 2.15. The molecule has 0 radical (unpaired) electrons. The summed E-state index contributed by atoms with van der Waals surface area (Å²) < 4.78 is 12.8. The Hall–Kier alpha value is -1.38. The van der Waals surface area contributed by atoms with Gasteiger partial charge in [-0.2, -0.15) is 0 Å². The molecule has 0 saturated carbocycles. The topological polar surface area (TPSA) is 29.1 Å². The highest BCUT2D eigenvalue weighted by atomic mass is 19.1. The molecule has 1 aromatic carbocycles. The number of hydrogen-bond donors (Lipinski definition) is 1. The number of fused-ring (bicyclic) bond motifs is 1. The number of carbonyl (C=O) groups is 1. The smallest absolute Gasteiger partial charge is 0.251 e. The summed E-state index contributed by atoms with van der Waals surface area (Å²) in [5.41, 5.74) is 1.42. The number of rotatable bonds is 0. The molecule has 0 atom stereocenters. The number of amides is 1. The zero-order valence-electron chi connectivity index (χ0n) is 7.14. The SMILES string of the molecule is O=C1NCCCc2cc(F)ccc21. The van der Waals surface area contributed by atoms with E-state index in [1.54, 1.807) is 6.07 Å². The van der Waals surface area contributed by atoms with Crippen molar-refractivity contribution in [3.05, 3.63) is 35.1 Å². The summed E-state index contributed by atoms with van der Waals surface area (Å²) in [4.78, 5) is 11.4. The fraction of sp³-hybridized carbons (Fsp3) is 0.300. The molecule has 0 aliphatic carbocycles. The van der Waals surface area contributed by atoms with Gasteiger partial charge in [0.1, 0.15) is 5.82 Å². The van der Waals surface area contributed by atoms with Gasteiger partial charge in [0.15, 0.2) is 0 Å². The van der Waals surface area contributed by atoms with Crippen molar-refractivity contribution in [3.63, 3.8) is 0 Å². The van der Waals surface area contributed by atoms with E-state index in [2.05, 4.69) is 5.32 Å². The van der Waals surface area contributed by atoms with Crippen LogP contribution in [0.1, 0.15) is 22.3 Å². The van der Waals surface area contributed by atoms with E-state index in [1.165, 1.54) is 12.1 Å². The van der Waals surface area contributed by atoms with E-state index in [4.69, 9.17) is 0 Å². The lowest BCUT2D eigenvalue weighted by Gasteiger charge is -2.02. The van der Waals surface area contributed by atoms with Crippen LogP contribution in [0.25, 0.3) is 0 Å². The quantitative estimate of drug-likeness (QED) is 0.642. The van der Waals surface area contributed by atoms with E-state index in [0.29, 0.717) is 12.1 Å². The lowest BCUT2D eigenvalue weighted by molar-refractivity contribution is 0.0956. The van der Waals surface area contributed by atoms with Crippen molar-refractivity contribution in [2.45, 2.75) is 12.8 Å². The van der Waals surface area contributed by atoms with Crippen LogP contribution in [-0.2, 0) is 6.42 Å². The fourth-order valence-electron chi connectivity index (χ4n) is 1.57. The molecule has 1 aromatic rings. The van der Waals surface area contributed by atoms with Gasteiger partial charge in [-0.15, -0.1) is 0 Å². The molecule has 1 N–H and O–H groups in total. The Bertz CT molecular complexity index is 349. The Kier molecular flexibility index (Phi) is 2.00. The predicted octanol–water partition coefficient (Wildman–Crippen LogP) is 1.50. The Balaban J connectivity index is 2.48. The van der Waals surface area contributed by atoms with Gasteiger partial charge in [-0.1, -0.05) is 0 Å². The minimum atomic E-state index is -0.270. The monoisotopic (exact) mass is 179 g/mol. The first-order valence-corrected chi connectivity index (χ1v) is 4.34. The van der Waals surface area contributed by atoms with Gasteiger partial charge in [-0.3, -0.25) is 4.79 Å². The minimum Gasteiger partial charge on any atom is -0.352 e. The van der Waals surface area contributed by atoms with Crippen LogP contribution in [0, 0.1) is 5.82 Å². The maximum absolute atomic E-state index is 12.8. The third-order valence-corrected chi connectivity index (χ3v) is 2.22. The highest BCUT2D eigenvalue weighted by Gasteiger charge is 2.14. The van der Waals surface area contributed by atoms with Crippen LogP contribution in [0.2, 0.25) is 0 Å². The summed E-state index contributed by atoms with van der Waals surface area (Å²) >= 11 is 0. The van der Waals surface area contributed by atoms with Crippen LogP contribution < -0.4 is 5.32 Å². The zero-order valence-corrected chi connectivity index (χ0v) is 7.14. The molecule has 0 bridgehead atoms. The molecule has 3 heteroatoms. The third kappa shape index (κ3) is 1.54. The summed E-state index contributed by atoms with van der Waals surface area (Å²) in [6.45, 7) is 0.676. The van der Waals surface area contributed by atoms with Crippen molar-refractivity contribution in [1.29, 1.82) is 0 Å². The Morgan fingerprint density at radius 1 is 1.38 bits per heavy atom. The molecular weight excluding hydrogens is 169 g/mol. The van der Waals surface area contributed by atoms with Crippen LogP contribution in [0.5, 0.6) is 0 Å². The Morgan fingerprint density at radius 3 is 3.08 bits per heavy atom. The van der Waals surface area contributed by atoms with Gasteiger partial charge in [-0.05, 0) is 36.6 Å². The van der Waals surface area contributed by atoms with Gasteiger partial charge < -0.3 is 5.32 Å². The molecule has 13 heavy (non-hydrogen) atoms. The fourth-order valence-corrected chi connectivity index (χ4v) is 1.57. The van der Waals surface area contributed by atoms with Crippen molar-refractivity contribution < 1.29 is 9.18 Å². The first-order chi connectivity index (χ1) is 6.27. The molecule has 0 unspecified atom stereocenters. The summed E-state index contributed by atoms with van der Waals surface area (Å²) in [6, 6.07) is 4.31. The van der Waals surface area contributed by atoms with Gasteiger partial charge >= 0.3 is 0 Å². The number of aryl methyl sites for hydroxylation is 1. The third-order valence-electron chi connectivity index (χ3n) is 2.22. The predicted molar refractivity (Wildman–Crippen MR) is 47.1 cm³/mol. The molecule has 0 aromatic heterocycles. The van der Waals surface area contributed by atoms with Gasteiger partial charge in [0.2, 0.25) is 0 Å². The van der Waals surface area contributed by atoms with E-state index in [0.717, 1.165) is 18.4 Å². The van der Waals surface area contributed by atoms with Gasteiger partial charge in [0, 0.05) is 12.1 Å². The van der Waals surface area contributed by atoms with Gasteiger partial charge in [0.05, 0.1) is 0 Å². The Labute approximate surface area is 75.8 Å². The van der Waals surface area contributed by atoms with Crippen molar-refractivity contribution >= 4 is 5.91 Å². The molecule has 1 aliphatic heterocycles. The molecule has 2 nitrogen and oxygen atoms in total. The molecule has 0 fully saturated rings. The lowest BCUT2D eigenvalue weighted by Crippen LogP contribution is -2.22. The van der Waals surface area contributed by atoms with E-state index in [1.807, 2.05) is 0 Å². The molecule has 0 saturated heterocycles. The van der Waals surface area contributed by atoms with Crippen LogP contribution in [0.3, 0.4) is 0 Å². The number of halogens is 1. The van der Waals surface area contributed by atoms with Gasteiger partial charge in [-0.25, -0.2) is 4.39 Å². The van der Waals surface area contributed by atoms with Crippen LogP contribution in [-0.4, -0.2) is 12.5 Å². The van der Waals surface area contributed by atoms with Crippen molar-refractivity contribution in [3.8, 4) is 0 Å². The molecule has 1 amide bonds. The number of nitrogens with one attached hydrogen (secondary N) is 1. The van der Waals surface area contributed by atoms with E-state index < -0.39 is 0 Å².